The molecule has 1 heterocycles. The lowest BCUT2D eigenvalue weighted by molar-refractivity contribution is 0.379. The second kappa shape index (κ2) is 9.20. The monoisotopic (exact) mass is 407 g/mol. The summed E-state index contributed by atoms with van der Waals surface area (Å²) in [6.45, 7) is 7.20. The van der Waals surface area contributed by atoms with E-state index in [0.717, 1.165) is 16.9 Å². The Labute approximate surface area is 166 Å². The predicted molar refractivity (Wildman–Crippen MR) is 110 cm³/mol. The maximum atomic E-state index is 11.6. The molecule has 0 unspecified atom stereocenters. The zero-order valence-electron chi connectivity index (χ0n) is 17.0. The Kier molecular flexibility index (Phi) is 7.20. The van der Waals surface area contributed by atoms with E-state index in [1.165, 1.54) is 7.05 Å². The minimum absolute atomic E-state index is 0.0346. The van der Waals surface area contributed by atoms with Crippen molar-refractivity contribution in [1.82, 2.24) is 20.3 Å². The van der Waals surface area contributed by atoms with Crippen LogP contribution in [0.3, 0.4) is 0 Å². The number of hydrogen-bond acceptors (Lipinski definition) is 5. The van der Waals surface area contributed by atoms with Crippen LogP contribution in [0.15, 0.2) is 39.9 Å². The fourth-order valence-corrected chi connectivity index (χ4v) is 3.13. The summed E-state index contributed by atoms with van der Waals surface area (Å²) >= 11 is 0. The molecule has 0 aliphatic carbocycles. The minimum atomic E-state index is -3.27. The predicted octanol–water partition coefficient (Wildman–Crippen LogP) is 1.89. The average molecular weight is 408 g/mol. The minimum Gasteiger partial charge on any atom is -0.443 e. The van der Waals surface area contributed by atoms with Crippen LogP contribution in [0.1, 0.15) is 43.5 Å². The first kappa shape index (κ1) is 21.9. The van der Waals surface area contributed by atoms with E-state index in [-0.39, 0.29) is 11.2 Å². The summed E-state index contributed by atoms with van der Waals surface area (Å²) in [5, 5.41) is 6.38. The highest BCUT2D eigenvalue weighted by Crippen LogP contribution is 2.22. The fourth-order valence-electron chi connectivity index (χ4n) is 2.35. The molecule has 2 rings (SSSR count). The zero-order valence-corrected chi connectivity index (χ0v) is 17.9. The molecule has 0 amide bonds. The lowest BCUT2D eigenvalue weighted by Crippen LogP contribution is -2.36. The van der Waals surface area contributed by atoms with Crippen molar-refractivity contribution in [2.24, 2.45) is 4.99 Å². The van der Waals surface area contributed by atoms with E-state index in [1.807, 2.05) is 24.3 Å². The maximum Gasteiger partial charge on any atom is 0.215 e. The molecule has 0 atom stereocenters. The van der Waals surface area contributed by atoms with Crippen LogP contribution >= 0.6 is 0 Å². The Morgan fingerprint density at radius 2 is 1.71 bits per heavy atom. The van der Waals surface area contributed by atoms with Gasteiger partial charge in [-0.2, -0.15) is 0 Å². The van der Waals surface area contributed by atoms with Gasteiger partial charge in [-0.05, 0) is 18.2 Å². The quantitative estimate of drug-likeness (QED) is 0.478. The molecule has 0 aliphatic rings. The van der Waals surface area contributed by atoms with Crippen LogP contribution in [0, 0.1) is 0 Å². The first-order valence-corrected chi connectivity index (χ1v) is 10.7. The molecule has 1 aromatic heterocycles. The van der Waals surface area contributed by atoms with E-state index in [2.05, 4.69) is 46.1 Å². The van der Waals surface area contributed by atoms with Crippen LogP contribution in [-0.4, -0.2) is 33.5 Å². The molecular formula is C19H29N5O3S. The molecule has 1 aromatic carbocycles. The summed E-state index contributed by atoms with van der Waals surface area (Å²) in [5.74, 6) is 2.03. The van der Waals surface area contributed by atoms with Gasteiger partial charge in [0.2, 0.25) is 15.9 Å². The molecule has 0 bridgehead atoms. The van der Waals surface area contributed by atoms with E-state index in [4.69, 9.17) is 4.42 Å². The molecule has 2 aromatic rings. The van der Waals surface area contributed by atoms with Crippen LogP contribution in [-0.2, 0) is 34.3 Å². The second-order valence-corrected chi connectivity index (χ2v) is 9.35. The molecular weight excluding hydrogens is 378 g/mol. The Morgan fingerprint density at radius 3 is 2.25 bits per heavy atom. The van der Waals surface area contributed by atoms with E-state index in [1.54, 1.807) is 13.2 Å². The molecule has 0 radical (unpaired) electrons. The highest BCUT2D eigenvalue weighted by molar-refractivity contribution is 7.88. The number of benzene rings is 1. The number of nitrogens with one attached hydrogen (secondary N) is 3. The van der Waals surface area contributed by atoms with Gasteiger partial charge in [-0.1, -0.05) is 45.0 Å². The summed E-state index contributed by atoms with van der Waals surface area (Å²) in [4.78, 5) is 8.48. The van der Waals surface area contributed by atoms with Gasteiger partial charge in [0.25, 0.3) is 0 Å². The van der Waals surface area contributed by atoms with Crippen molar-refractivity contribution in [2.75, 3.05) is 14.1 Å². The van der Waals surface area contributed by atoms with Gasteiger partial charge in [-0.15, -0.1) is 0 Å². The smallest absolute Gasteiger partial charge is 0.215 e. The van der Waals surface area contributed by atoms with Crippen LogP contribution in [0.5, 0.6) is 0 Å². The van der Waals surface area contributed by atoms with Crippen molar-refractivity contribution >= 4 is 16.0 Å². The van der Waals surface area contributed by atoms with Gasteiger partial charge in [0, 0.05) is 19.0 Å². The number of sulfonamides is 1. The molecule has 0 saturated heterocycles. The van der Waals surface area contributed by atoms with Gasteiger partial charge in [-0.25, -0.2) is 18.1 Å². The van der Waals surface area contributed by atoms with Gasteiger partial charge >= 0.3 is 0 Å². The zero-order chi connectivity index (χ0) is 20.8. The second-order valence-electron chi connectivity index (χ2n) is 7.43. The third-order valence-electron chi connectivity index (χ3n) is 4.07. The summed E-state index contributed by atoms with van der Waals surface area (Å²) in [7, 11) is -0.163. The summed E-state index contributed by atoms with van der Waals surface area (Å²) < 4.78 is 31.3. The third kappa shape index (κ3) is 6.65. The van der Waals surface area contributed by atoms with E-state index >= 15 is 0 Å². The van der Waals surface area contributed by atoms with Crippen molar-refractivity contribution in [3.05, 3.63) is 53.2 Å². The molecule has 0 fully saturated rings. The Morgan fingerprint density at radius 1 is 1.11 bits per heavy atom. The van der Waals surface area contributed by atoms with Crippen LogP contribution < -0.4 is 15.4 Å². The molecule has 9 heteroatoms. The lowest BCUT2D eigenvalue weighted by Gasteiger charge is -2.13. The number of hydrogen-bond donors (Lipinski definition) is 3. The van der Waals surface area contributed by atoms with Gasteiger partial charge in [0.05, 0.1) is 18.5 Å². The highest BCUT2D eigenvalue weighted by atomic mass is 32.2. The van der Waals surface area contributed by atoms with Gasteiger partial charge in [0.15, 0.2) is 5.96 Å². The molecule has 0 aliphatic heterocycles. The number of rotatable bonds is 7. The van der Waals surface area contributed by atoms with Crippen LogP contribution in [0.25, 0.3) is 0 Å². The number of guanidine groups is 1. The molecule has 3 N–H and O–H groups in total. The molecule has 154 valence electrons. The summed E-state index contributed by atoms with van der Waals surface area (Å²) in [6, 6.07) is 7.40. The highest BCUT2D eigenvalue weighted by Gasteiger charge is 2.19. The molecule has 0 spiro atoms. The van der Waals surface area contributed by atoms with E-state index in [9.17, 15) is 8.42 Å². The van der Waals surface area contributed by atoms with Gasteiger partial charge in [-0.3, -0.25) is 4.99 Å². The van der Waals surface area contributed by atoms with E-state index in [0.29, 0.717) is 24.9 Å². The number of nitrogens with zero attached hydrogens (tertiary/aromatic N) is 2. The average Bonchev–Trinajstić information content (AvgIpc) is 3.12. The largest absolute Gasteiger partial charge is 0.443 e. The van der Waals surface area contributed by atoms with E-state index < -0.39 is 10.0 Å². The first-order chi connectivity index (χ1) is 13.1. The van der Waals surface area contributed by atoms with Crippen molar-refractivity contribution in [1.29, 1.82) is 0 Å². The number of aliphatic imine (C=N–C) groups is 1. The Balaban J connectivity index is 1.86. The SMILES string of the molecule is CN=C(NCc1ccc(CS(=O)(=O)NC)cc1)NCc1ncc(C(C)(C)C)o1. The number of aromatic nitrogens is 1. The molecule has 8 nitrogen and oxygen atoms in total. The molecule has 0 saturated carbocycles. The van der Waals surface area contributed by atoms with Gasteiger partial charge < -0.3 is 15.1 Å². The van der Waals surface area contributed by atoms with Crippen LogP contribution in [0.2, 0.25) is 0 Å². The van der Waals surface area contributed by atoms with Gasteiger partial charge in [0.1, 0.15) is 5.76 Å². The van der Waals surface area contributed by atoms with Crippen molar-refractivity contribution in [3.8, 4) is 0 Å². The first-order valence-electron chi connectivity index (χ1n) is 9.01. The lowest BCUT2D eigenvalue weighted by atomic mass is 9.94. The Bertz CT molecular complexity index is 896. The number of oxazole rings is 1. The van der Waals surface area contributed by atoms with Crippen molar-refractivity contribution < 1.29 is 12.8 Å². The standard InChI is InChI=1S/C19H29N5O3S/c1-19(2,3)16-11-22-17(27-16)12-24-18(20-4)23-10-14-6-8-15(9-7-14)13-28(25,26)21-5/h6-9,11,21H,10,12-13H2,1-5H3,(H2,20,23,24). The maximum absolute atomic E-state index is 11.6. The van der Waals surface area contributed by atoms with Crippen LogP contribution in [0.4, 0.5) is 0 Å². The normalized spacial score (nSPS) is 12.8. The summed E-state index contributed by atoms with van der Waals surface area (Å²) in [5.41, 5.74) is 1.67. The van der Waals surface area contributed by atoms with Crippen molar-refractivity contribution in [2.45, 2.75) is 45.0 Å². The Hall–Kier alpha value is -2.39. The fraction of sp³-hybridized carbons (Fsp3) is 0.474. The molecule has 28 heavy (non-hydrogen) atoms. The van der Waals surface area contributed by atoms with Crippen molar-refractivity contribution in [3.63, 3.8) is 0 Å². The summed E-state index contributed by atoms with van der Waals surface area (Å²) in [6.07, 6.45) is 1.75. The topological polar surface area (TPSA) is 109 Å². The third-order valence-corrected chi connectivity index (χ3v) is 5.41.